The van der Waals surface area contributed by atoms with Crippen molar-refractivity contribution in [3.63, 3.8) is 0 Å². The molecular formula is C26H19ClN4O3. The number of hydrogen-bond donors (Lipinski definition) is 1. The average Bonchev–Trinajstić information content (AvgIpc) is 3.28. The molecule has 1 N–H and O–H groups in total. The van der Waals surface area contributed by atoms with Crippen molar-refractivity contribution in [3.8, 4) is 34.2 Å². The molecule has 1 aliphatic rings. The first kappa shape index (κ1) is 21.7. The molecule has 4 aromatic rings. The smallest absolute Gasteiger partial charge is 0.264 e. The minimum Gasteiger partial charge on any atom is -0.506 e. The van der Waals surface area contributed by atoms with Gasteiger partial charge < -0.3 is 9.67 Å². The Bertz CT molecular complexity index is 1570. The number of benzene rings is 2. The summed E-state index contributed by atoms with van der Waals surface area (Å²) in [7, 11) is 1.63. The Balaban J connectivity index is 1.87. The number of nitriles is 1. The quantitative estimate of drug-likeness (QED) is 0.470. The molecule has 7 nitrogen and oxygen atoms in total. The van der Waals surface area contributed by atoms with Crippen molar-refractivity contribution < 1.29 is 9.90 Å². The van der Waals surface area contributed by atoms with E-state index in [1.807, 2.05) is 0 Å². The van der Waals surface area contributed by atoms with Crippen molar-refractivity contribution in [1.29, 1.82) is 5.26 Å². The van der Waals surface area contributed by atoms with Crippen LogP contribution in [-0.2, 0) is 11.8 Å². The van der Waals surface area contributed by atoms with Gasteiger partial charge in [-0.15, -0.1) is 0 Å². The SMILES string of the molecule is Cn1c(=O)c(-c2cc(-c3ccc(Cl)cc3)c(C#N)c(N3CCCC3=O)n2)c(O)c2ccccc21. The second-order valence-electron chi connectivity index (χ2n) is 8.13. The highest BCUT2D eigenvalue weighted by Gasteiger charge is 2.29. The van der Waals surface area contributed by atoms with Gasteiger partial charge in [-0.2, -0.15) is 5.26 Å². The van der Waals surface area contributed by atoms with Crippen molar-refractivity contribution in [2.75, 3.05) is 11.4 Å². The Morgan fingerprint density at radius 2 is 1.85 bits per heavy atom. The van der Waals surface area contributed by atoms with Gasteiger partial charge in [-0.3, -0.25) is 14.5 Å². The molecule has 2 aromatic carbocycles. The second-order valence-corrected chi connectivity index (χ2v) is 8.56. The monoisotopic (exact) mass is 470 g/mol. The fraction of sp³-hybridized carbons (Fsp3) is 0.154. The molecule has 5 rings (SSSR count). The first-order valence-corrected chi connectivity index (χ1v) is 11.1. The predicted molar refractivity (Wildman–Crippen MR) is 131 cm³/mol. The standard InChI is InChI=1S/C26H19ClN4O3/c1-30-21-6-3-2-5-17(21)24(33)23(26(30)34)20-13-18(15-8-10-16(27)11-9-15)19(14-28)25(29-20)31-12-4-7-22(31)32/h2-3,5-6,8-11,13,33H,4,7,12H2,1H3. The summed E-state index contributed by atoms with van der Waals surface area (Å²) in [6.07, 6.45) is 1.00. The highest BCUT2D eigenvalue weighted by atomic mass is 35.5. The van der Waals surface area contributed by atoms with Crippen LogP contribution in [-0.4, -0.2) is 27.1 Å². The third-order valence-electron chi connectivity index (χ3n) is 6.13. The van der Waals surface area contributed by atoms with Crippen LogP contribution in [0.3, 0.4) is 0 Å². The van der Waals surface area contributed by atoms with E-state index in [2.05, 4.69) is 11.1 Å². The zero-order chi connectivity index (χ0) is 24.0. The van der Waals surface area contributed by atoms with E-state index in [1.165, 1.54) is 9.47 Å². The van der Waals surface area contributed by atoms with Crippen molar-refractivity contribution in [2.24, 2.45) is 7.05 Å². The van der Waals surface area contributed by atoms with E-state index in [4.69, 9.17) is 11.6 Å². The van der Waals surface area contributed by atoms with Gasteiger partial charge in [0, 0.05) is 36.0 Å². The molecule has 0 unspecified atom stereocenters. The van der Waals surface area contributed by atoms with E-state index in [-0.39, 0.29) is 34.3 Å². The zero-order valence-electron chi connectivity index (χ0n) is 18.2. The lowest BCUT2D eigenvalue weighted by Crippen LogP contribution is -2.26. The van der Waals surface area contributed by atoms with Crippen molar-refractivity contribution in [1.82, 2.24) is 9.55 Å². The van der Waals surface area contributed by atoms with E-state index in [9.17, 15) is 20.0 Å². The highest BCUT2D eigenvalue weighted by molar-refractivity contribution is 6.30. The number of nitrogens with zero attached hydrogens (tertiary/aromatic N) is 4. The number of amides is 1. The molecule has 0 radical (unpaired) electrons. The van der Waals surface area contributed by atoms with Crippen LogP contribution < -0.4 is 10.5 Å². The Hall–Kier alpha value is -4.15. The number of aromatic hydroxyl groups is 1. The number of carbonyl (C=O) groups is 1. The average molecular weight is 471 g/mol. The Morgan fingerprint density at radius 1 is 1.12 bits per heavy atom. The van der Waals surface area contributed by atoms with Gasteiger partial charge in [0.1, 0.15) is 22.9 Å². The fourth-order valence-corrected chi connectivity index (χ4v) is 4.53. The first-order valence-electron chi connectivity index (χ1n) is 10.7. The maximum Gasteiger partial charge on any atom is 0.264 e. The maximum atomic E-state index is 13.3. The molecule has 0 bridgehead atoms. The maximum absolute atomic E-state index is 13.3. The van der Waals surface area contributed by atoms with Crippen LogP contribution in [0.1, 0.15) is 18.4 Å². The molecule has 1 fully saturated rings. The van der Waals surface area contributed by atoms with E-state index < -0.39 is 5.56 Å². The summed E-state index contributed by atoms with van der Waals surface area (Å²) in [4.78, 5) is 32.0. The van der Waals surface area contributed by atoms with E-state index >= 15 is 0 Å². The molecule has 1 saturated heterocycles. The fourth-order valence-electron chi connectivity index (χ4n) is 4.40. The molecule has 1 aliphatic heterocycles. The highest BCUT2D eigenvalue weighted by Crippen LogP contribution is 2.38. The van der Waals surface area contributed by atoms with Gasteiger partial charge in [-0.05, 0) is 42.3 Å². The van der Waals surface area contributed by atoms with Gasteiger partial charge in [-0.25, -0.2) is 4.98 Å². The van der Waals surface area contributed by atoms with Gasteiger partial charge in [0.05, 0.1) is 11.2 Å². The normalized spacial score (nSPS) is 13.4. The van der Waals surface area contributed by atoms with E-state index in [0.29, 0.717) is 46.4 Å². The summed E-state index contributed by atoms with van der Waals surface area (Å²) in [5.74, 6) is -0.155. The number of para-hydroxylation sites is 1. The van der Waals surface area contributed by atoms with Crippen molar-refractivity contribution >= 4 is 34.2 Å². The molecule has 1 amide bonds. The lowest BCUT2D eigenvalue weighted by Gasteiger charge is -2.20. The summed E-state index contributed by atoms with van der Waals surface area (Å²) < 4.78 is 1.45. The summed E-state index contributed by atoms with van der Waals surface area (Å²) >= 11 is 6.06. The van der Waals surface area contributed by atoms with Crippen LogP contribution in [0.15, 0.2) is 59.4 Å². The first-order chi connectivity index (χ1) is 16.4. The number of pyridine rings is 2. The van der Waals surface area contributed by atoms with Crippen LogP contribution in [0, 0.1) is 11.3 Å². The number of halogens is 1. The lowest BCUT2D eigenvalue weighted by molar-refractivity contribution is -0.117. The summed E-state index contributed by atoms with van der Waals surface area (Å²) in [5.41, 5.74) is 1.72. The molecule has 34 heavy (non-hydrogen) atoms. The van der Waals surface area contributed by atoms with E-state index in [0.717, 1.165) is 0 Å². The van der Waals surface area contributed by atoms with Gasteiger partial charge >= 0.3 is 0 Å². The zero-order valence-corrected chi connectivity index (χ0v) is 19.0. The minimum atomic E-state index is -0.436. The summed E-state index contributed by atoms with van der Waals surface area (Å²) in [6.45, 7) is 0.422. The van der Waals surface area contributed by atoms with Crippen LogP contribution in [0.4, 0.5) is 5.82 Å². The van der Waals surface area contributed by atoms with Gasteiger partial charge in [0.25, 0.3) is 5.56 Å². The second kappa shape index (κ2) is 8.32. The number of aryl methyl sites for hydroxylation is 1. The molecule has 0 spiro atoms. The molecular weight excluding hydrogens is 452 g/mol. The van der Waals surface area contributed by atoms with Crippen LogP contribution in [0.5, 0.6) is 5.75 Å². The molecule has 3 heterocycles. The molecule has 0 aliphatic carbocycles. The minimum absolute atomic E-state index is 0.00815. The lowest BCUT2D eigenvalue weighted by atomic mass is 9.97. The summed E-state index contributed by atoms with van der Waals surface area (Å²) in [5, 5.41) is 22.2. The molecule has 168 valence electrons. The van der Waals surface area contributed by atoms with Crippen LogP contribution in [0.25, 0.3) is 33.3 Å². The number of fused-ring (bicyclic) bond motifs is 1. The van der Waals surface area contributed by atoms with Crippen molar-refractivity contribution in [3.05, 3.63) is 75.5 Å². The van der Waals surface area contributed by atoms with Gasteiger partial charge in [0.2, 0.25) is 5.91 Å². The number of anilines is 1. The van der Waals surface area contributed by atoms with Gasteiger partial charge in [0.15, 0.2) is 5.82 Å². The van der Waals surface area contributed by atoms with E-state index in [1.54, 1.807) is 61.6 Å². The predicted octanol–water partition coefficient (Wildman–Crippen LogP) is 4.62. The number of rotatable bonds is 3. The van der Waals surface area contributed by atoms with Crippen LogP contribution in [0.2, 0.25) is 5.02 Å². The summed E-state index contributed by atoms with van der Waals surface area (Å²) in [6, 6.07) is 17.8. The number of hydrogen-bond acceptors (Lipinski definition) is 5. The van der Waals surface area contributed by atoms with Crippen LogP contribution >= 0.6 is 11.6 Å². The Kier molecular flexibility index (Phi) is 5.31. The van der Waals surface area contributed by atoms with Crippen molar-refractivity contribution in [2.45, 2.75) is 12.8 Å². The number of carbonyl (C=O) groups excluding carboxylic acids is 1. The molecule has 8 heteroatoms. The molecule has 0 atom stereocenters. The Morgan fingerprint density at radius 3 is 2.53 bits per heavy atom. The topological polar surface area (TPSA) is 99.2 Å². The van der Waals surface area contributed by atoms with Gasteiger partial charge in [-0.1, -0.05) is 35.9 Å². The Labute approximate surface area is 200 Å². The third-order valence-corrected chi connectivity index (χ3v) is 6.38. The largest absolute Gasteiger partial charge is 0.506 e. The molecule has 0 saturated carbocycles. The molecule has 2 aromatic heterocycles. The number of aromatic nitrogens is 2. The third kappa shape index (κ3) is 3.40.